The van der Waals surface area contributed by atoms with E-state index in [1.807, 2.05) is 18.2 Å². The molecule has 0 aromatic heterocycles. The minimum Gasteiger partial charge on any atom is -0.507 e. The molecule has 15 heavy (non-hydrogen) atoms. The van der Waals surface area contributed by atoms with Crippen LogP contribution in [0.1, 0.15) is 51.2 Å². The molecule has 0 aliphatic heterocycles. The second kappa shape index (κ2) is 5.20. The van der Waals surface area contributed by atoms with Gasteiger partial charge in [0.25, 0.3) is 0 Å². The highest BCUT2D eigenvalue weighted by Gasteiger charge is 2.09. The Morgan fingerprint density at radius 1 is 1.13 bits per heavy atom. The quantitative estimate of drug-likeness (QED) is 0.786. The summed E-state index contributed by atoms with van der Waals surface area (Å²) < 4.78 is 0. The second-order valence-corrected chi connectivity index (χ2v) is 4.94. The van der Waals surface area contributed by atoms with Crippen molar-refractivity contribution in [3.05, 3.63) is 29.3 Å². The fourth-order valence-electron chi connectivity index (χ4n) is 1.72. The Morgan fingerprint density at radius 3 is 2.33 bits per heavy atom. The number of aryl methyl sites for hydroxylation is 1. The largest absolute Gasteiger partial charge is 0.507 e. The minimum absolute atomic E-state index is 0.393. The SMILES string of the molecule is CC(C)CCc1cccc(C(C)C)c1O. The zero-order valence-electron chi connectivity index (χ0n) is 10.2. The van der Waals surface area contributed by atoms with Crippen molar-refractivity contribution in [3.8, 4) is 5.75 Å². The van der Waals surface area contributed by atoms with Crippen molar-refractivity contribution < 1.29 is 5.11 Å². The average molecular weight is 206 g/mol. The summed E-state index contributed by atoms with van der Waals surface area (Å²) in [7, 11) is 0. The van der Waals surface area contributed by atoms with E-state index in [4.69, 9.17) is 0 Å². The molecule has 0 heterocycles. The number of para-hydroxylation sites is 1. The predicted octanol–water partition coefficient (Wildman–Crippen LogP) is 4.10. The lowest BCUT2D eigenvalue weighted by Crippen LogP contribution is -1.96. The first kappa shape index (κ1) is 12.1. The molecule has 0 amide bonds. The first-order valence-electron chi connectivity index (χ1n) is 5.83. The summed E-state index contributed by atoms with van der Waals surface area (Å²) in [6.45, 7) is 8.65. The molecular weight excluding hydrogens is 184 g/mol. The molecule has 1 aromatic rings. The third-order valence-electron chi connectivity index (χ3n) is 2.76. The molecule has 0 saturated carbocycles. The molecular formula is C14H22O. The summed E-state index contributed by atoms with van der Waals surface area (Å²) in [5.74, 6) is 1.59. The zero-order valence-corrected chi connectivity index (χ0v) is 10.2. The van der Waals surface area contributed by atoms with Crippen molar-refractivity contribution >= 4 is 0 Å². The molecule has 0 aliphatic carbocycles. The molecule has 84 valence electrons. The van der Waals surface area contributed by atoms with Crippen molar-refractivity contribution in [2.45, 2.75) is 46.5 Å². The number of phenolic OH excluding ortho intramolecular Hbond substituents is 1. The molecule has 1 aromatic carbocycles. The molecule has 0 unspecified atom stereocenters. The van der Waals surface area contributed by atoms with Gasteiger partial charge in [0.15, 0.2) is 0 Å². The van der Waals surface area contributed by atoms with Gasteiger partial charge in [0.2, 0.25) is 0 Å². The van der Waals surface area contributed by atoms with Gasteiger partial charge in [0.05, 0.1) is 0 Å². The molecule has 1 rings (SSSR count). The maximum absolute atomic E-state index is 10.1. The van der Waals surface area contributed by atoms with Gasteiger partial charge >= 0.3 is 0 Å². The van der Waals surface area contributed by atoms with Crippen LogP contribution < -0.4 is 0 Å². The first-order valence-corrected chi connectivity index (χ1v) is 5.83. The summed E-state index contributed by atoms with van der Waals surface area (Å²) >= 11 is 0. The normalized spacial score (nSPS) is 11.3. The van der Waals surface area contributed by atoms with Crippen LogP contribution in [0.25, 0.3) is 0 Å². The van der Waals surface area contributed by atoms with Crippen LogP contribution >= 0.6 is 0 Å². The topological polar surface area (TPSA) is 20.2 Å². The van der Waals surface area contributed by atoms with Gasteiger partial charge in [-0.1, -0.05) is 45.9 Å². The Bertz CT molecular complexity index is 313. The van der Waals surface area contributed by atoms with E-state index in [9.17, 15) is 5.11 Å². The number of rotatable bonds is 4. The zero-order chi connectivity index (χ0) is 11.4. The molecule has 0 saturated heterocycles. The number of benzene rings is 1. The van der Waals surface area contributed by atoms with Gasteiger partial charge in [-0.2, -0.15) is 0 Å². The fraction of sp³-hybridized carbons (Fsp3) is 0.571. The molecule has 0 bridgehead atoms. The van der Waals surface area contributed by atoms with Crippen LogP contribution in [0.4, 0.5) is 0 Å². The van der Waals surface area contributed by atoms with E-state index in [1.165, 1.54) is 0 Å². The van der Waals surface area contributed by atoms with Crippen LogP contribution in [0, 0.1) is 5.92 Å². The summed E-state index contributed by atoms with van der Waals surface area (Å²) in [6, 6.07) is 6.09. The maximum atomic E-state index is 10.1. The standard InChI is InChI=1S/C14H22O/c1-10(2)8-9-12-6-5-7-13(11(3)4)14(12)15/h5-7,10-11,15H,8-9H2,1-4H3. The van der Waals surface area contributed by atoms with Crippen LogP contribution in [0.2, 0.25) is 0 Å². The molecule has 0 aliphatic rings. The summed E-state index contributed by atoms with van der Waals surface area (Å²) in [6.07, 6.45) is 2.11. The smallest absolute Gasteiger partial charge is 0.122 e. The lowest BCUT2D eigenvalue weighted by atomic mass is 9.95. The molecule has 1 nitrogen and oxygen atoms in total. The van der Waals surface area contributed by atoms with Crippen LogP contribution in [0.3, 0.4) is 0 Å². The van der Waals surface area contributed by atoms with E-state index in [0.29, 0.717) is 17.6 Å². The molecule has 0 atom stereocenters. The number of hydrogen-bond acceptors (Lipinski definition) is 1. The van der Waals surface area contributed by atoms with Gasteiger partial charge in [0.1, 0.15) is 5.75 Å². The van der Waals surface area contributed by atoms with E-state index in [2.05, 4.69) is 27.7 Å². The van der Waals surface area contributed by atoms with Gasteiger partial charge < -0.3 is 5.11 Å². The Kier molecular flexibility index (Phi) is 4.19. The molecule has 0 radical (unpaired) electrons. The maximum Gasteiger partial charge on any atom is 0.122 e. The van der Waals surface area contributed by atoms with Gasteiger partial charge in [-0.25, -0.2) is 0 Å². The number of hydrogen-bond donors (Lipinski definition) is 1. The van der Waals surface area contributed by atoms with Gasteiger partial charge in [-0.3, -0.25) is 0 Å². The summed E-state index contributed by atoms with van der Waals surface area (Å²) in [5, 5.41) is 10.1. The van der Waals surface area contributed by atoms with Gasteiger partial charge in [-0.05, 0) is 35.8 Å². The van der Waals surface area contributed by atoms with E-state index >= 15 is 0 Å². The van der Waals surface area contributed by atoms with E-state index in [-0.39, 0.29) is 0 Å². The number of aromatic hydroxyl groups is 1. The van der Waals surface area contributed by atoms with Crippen LogP contribution in [0.15, 0.2) is 18.2 Å². The highest BCUT2D eigenvalue weighted by Crippen LogP contribution is 2.29. The minimum atomic E-state index is 0.393. The summed E-state index contributed by atoms with van der Waals surface area (Å²) in [4.78, 5) is 0. The van der Waals surface area contributed by atoms with Crippen molar-refractivity contribution in [2.75, 3.05) is 0 Å². The van der Waals surface area contributed by atoms with Crippen molar-refractivity contribution in [1.82, 2.24) is 0 Å². The molecule has 1 heteroatoms. The fourth-order valence-corrected chi connectivity index (χ4v) is 1.72. The second-order valence-electron chi connectivity index (χ2n) is 4.94. The third-order valence-corrected chi connectivity index (χ3v) is 2.76. The highest BCUT2D eigenvalue weighted by atomic mass is 16.3. The van der Waals surface area contributed by atoms with E-state index in [1.54, 1.807) is 0 Å². The third kappa shape index (κ3) is 3.26. The summed E-state index contributed by atoms with van der Waals surface area (Å²) in [5.41, 5.74) is 2.16. The monoisotopic (exact) mass is 206 g/mol. The molecule has 0 fully saturated rings. The first-order chi connectivity index (χ1) is 7.02. The van der Waals surface area contributed by atoms with Gasteiger partial charge in [0, 0.05) is 0 Å². The highest BCUT2D eigenvalue weighted by molar-refractivity contribution is 5.42. The lowest BCUT2D eigenvalue weighted by molar-refractivity contribution is 0.453. The Hall–Kier alpha value is -0.980. The van der Waals surface area contributed by atoms with Crippen LogP contribution in [-0.2, 0) is 6.42 Å². The van der Waals surface area contributed by atoms with Crippen molar-refractivity contribution in [1.29, 1.82) is 0 Å². The lowest BCUT2D eigenvalue weighted by Gasteiger charge is -2.13. The Morgan fingerprint density at radius 2 is 1.80 bits per heavy atom. The predicted molar refractivity (Wildman–Crippen MR) is 65.4 cm³/mol. The van der Waals surface area contributed by atoms with E-state index < -0.39 is 0 Å². The van der Waals surface area contributed by atoms with E-state index in [0.717, 1.165) is 24.0 Å². The molecule has 1 N–H and O–H groups in total. The van der Waals surface area contributed by atoms with Gasteiger partial charge in [-0.15, -0.1) is 0 Å². The Balaban J connectivity index is 2.85. The Labute approximate surface area is 93.1 Å². The number of phenols is 1. The van der Waals surface area contributed by atoms with Crippen LogP contribution in [0.5, 0.6) is 5.75 Å². The average Bonchev–Trinajstić information content (AvgIpc) is 2.15. The van der Waals surface area contributed by atoms with Crippen molar-refractivity contribution in [2.24, 2.45) is 5.92 Å². The van der Waals surface area contributed by atoms with Crippen molar-refractivity contribution in [3.63, 3.8) is 0 Å². The molecule has 0 spiro atoms. The van der Waals surface area contributed by atoms with Crippen LogP contribution in [-0.4, -0.2) is 5.11 Å².